The van der Waals surface area contributed by atoms with Crippen molar-refractivity contribution in [1.29, 1.82) is 0 Å². The van der Waals surface area contributed by atoms with Gasteiger partial charge in [0.1, 0.15) is 5.75 Å². The number of rotatable bonds is 6. The summed E-state index contributed by atoms with van der Waals surface area (Å²) in [4.78, 5) is 27.7. The molecule has 2 aromatic carbocycles. The third-order valence-corrected chi connectivity index (χ3v) is 6.94. The fourth-order valence-electron chi connectivity index (χ4n) is 5.06. The fourth-order valence-corrected chi connectivity index (χ4v) is 5.06. The Kier molecular flexibility index (Phi) is 8.45. The van der Waals surface area contributed by atoms with Crippen LogP contribution >= 0.6 is 0 Å². The SMILES string of the molecule is CCOc1ccc(NC(=O)N2CCC[C@H](c3cccc(C(=O)NC4CCCCCC4)c3)C2)cc1. The highest BCUT2D eigenvalue weighted by Crippen LogP contribution is 2.28. The molecule has 1 saturated heterocycles. The largest absolute Gasteiger partial charge is 0.494 e. The second-order valence-corrected chi connectivity index (χ2v) is 9.46. The summed E-state index contributed by atoms with van der Waals surface area (Å²) in [5.41, 5.74) is 2.61. The molecule has 0 bridgehead atoms. The number of benzene rings is 2. The van der Waals surface area contributed by atoms with Crippen LogP contribution in [0.1, 0.15) is 80.1 Å². The molecule has 34 heavy (non-hydrogen) atoms. The second-order valence-electron chi connectivity index (χ2n) is 9.46. The predicted octanol–water partition coefficient (Wildman–Crippen LogP) is 5.95. The first-order chi connectivity index (χ1) is 16.6. The Hall–Kier alpha value is -3.02. The number of carbonyl (C=O) groups is 2. The van der Waals surface area contributed by atoms with E-state index >= 15 is 0 Å². The number of amides is 3. The van der Waals surface area contributed by atoms with Crippen LogP contribution in [0.3, 0.4) is 0 Å². The molecule has 0 radical (unpaired) electrons. The molecule has 6 nitrogen and oxygen atoms in total. The van der Waals surface area contributed by atoms with Gasteiger partial charge in [0.25, 0.3) is 5.91 Å². The maximum atomic E-state index is 12.9. The highest BCUT2D eigenvalue weighted by atomic mass is 16.5. The van der Waals surface area contributed by atoms with Crippen molar-refractivity contribution in [1.82, 2.24) is 10.2 Å². The zero-order valence-electron chi connectivity index (χ0n) is 20.2. The van der Waals surface area contributed by atoms with Crippen molar-refractivity contribution < 1.29 is 14.3 Å². The van der Waals surface area contributed by atoms with Gasteiger partial charge in [-0.2, -0.15) is 0 Å². The van der Waals surface area contributed by atoms with Crippen molar-refractivity contribution in [3.63, 3.8) is 0 Å². The number of likely N-dealkylation sites (tertiary alicyclic amines) is 1. The smallest absolute Gasteiger partial charge is 0.321 e. The predicted molar refractivity (Wildman–Crippen MR) is 136 cm³/mol. The number of carbonyl (C=O) groups excluding carboxylic acids is 2. The van der Waals surface area contributed by atoms with Crippen LogP contribution in [0.2, 0.25) is 0 Å². The van der Waals surface area contributed by atoms with E-state index in [0.29, 0.717) is 13.2 Å². The van der Waals surface area contributed by atoms with E-state index in [-0.39, 0.29) is 23.9 Å². The lowest BCUT2D eigenvalue weighted by Crippen LogP contribution is -2.41. The van der Waals surface area contributed by atoms with Gasteiger partial charge in [0.15, 0.2) is 0 Å². The Bertz CT molecular complexity index is 952. The molecule has 1 heterocycles. The number of urea groups is 1. The van der Waals surface area contributed by atoms with Crippen molar-refractivity contribution in [3.05, 3.63) is 59.7 Å². The van der Waals surface area contributed by atoms with Gasteiger partial charge in [-0.25, -0.2) is 4.79 Å². The summed E-state index contributed by atoms with van der Waals surface area (Å²) < 4.78 is 5.47. The summed E-state index contributed by atoms with van der Waals surface area (Å²) >= 11 is 0. The first-order valence-corrected chi connectivity index (χ1v) is 12.8. The Morgan fingerprint density at radius 1 is 0.971 bits per heavy atom. The molecule has 2 aromatic rings. The van der Waals surface area contributed by atoms with Crippen molar-refractivity contribution >= 4 is 17.6 Å². The number of anilines is 1. The zero-order valence-corrected chi connectivity index (χ0v) is 20.2. The maximum absolute atomic E-state index is 12.9. The van der Waals surface area contributed by atoms with Gasteiger partial charge in [0.05, 0.1) is 6.61 Å². The third kappa shape index (κ3) is 6.52. The van der Waals surface area contributed by atoms with Gasteiger partial charge in [-0.15, -0.1) is 0 Å². The number of hydrogen-bond acceptors (Lipinski definition) is 3. The quantitative estimate of drug-likeness (QED) is 0.520. The average molecular weight is 464 g/mol. The number of nitrogens with one attached hydrogen (secondary N) is 2. The van der Waals surface area contributed by atoms with Gasteiger partial charge in [-0.1, -0.05) is 37.8 Å². The van der Waals surface area contributed by atoms with E-state index in [9.17, 15) is 9.59 Å². The first kappa shape index (κ1) is 24.1. The Morgan fingerprint density at radius 2 is 1.74 bits per heavy atom. The van der Waals surface area contributed by atoms with Gasteiger partial charge < -0.3 is 20.3 Å². The molecule has 1 aliphatic carbocycles. The van der Waals surface area contributed by atoms with Crippen LogP contribution in [-0.4, -0.2) is 42.6 Å². The number of nitrogens with zero attached hydrogens (tertiary/aromatic N) is 1. The fraction of sp³-hybridized carbons (Fsp3) is 0.500. The van der Waals surface area contributed by atoms with Crippen molar-refractivity contribution in [2.75, 3.05) is 25.0 Å². The summed E-state index contributed by atoms with van der Waals surface area (Å²) in [7, 11) is 0. The summed E-state index contributed by atoms with van der Waals surface area (Å²) in [5.74, 6) is 1.04. The zero-order chi connectivity index (χ0) is 23.8. The van der Waals surface area contributed by atoms with Crippen molar-refractivity contribution in [2.45, 2.75) is 70.3 Å². The monoisotopic (exact) mass is 463 g/mol. The molecular formula is C28H37N3O3. The van der Waals surface area contributed by atoms with Crippen LogP contribution < -0.4 is 15.4 Å². The Morgan fingerprint density at radius 3 is 2.47 bits per heavy atom. The normalized spacial score (nSPS) is 19.2. The molecule has 1 saturated carbocycles. The molecule has 1 atom stereocenters. The summed E-state index contributed by atoms with van der Waals surface area (Å²) in [5, 5.41) is 6.25. The molecule has 2 fully saturated rings. The van der Waals surface area contributed by atoms with Gasteiger partial charge in [-0.3, -0.25) is 4.79 Å². The minimum Gasteiger partial charge on any atom is -0.494 e. The molecule has 4 rings (SSSR count). The molecule has 6 heteroatoms. The first-order valence-electron chi connectivity index (χ1n) is 12.8. The number of piperidine rings is 1. The summed E-state index contributed by atoms with van der Waals surface area (Å²) in [6.45, 7) is 3.95. The van der Waals surface area contributed by atoms with E-state index in [2.05, 4.69) is 16.7 Å². The average Bonchev–Trinajstić information content (AvgIpc) is 3.14. The van der Waals surface area contributed by atoms with Crippen LogP contribution in [0.15, 0.2) is 48.5 Å². The number of ether oxygens (including phenoxy) is 1. The van der Waals surface area contributed by atoms with Gasteiger partial charge in [0.2, 0.25) is 0 Å². The highest BCUT2D eigenvalue weighted by molar-refractivity contribution is 5.94. The molecule has 3 amide bonds. The molecule has 2 N–H and O–H groups in total. The van der Waals surface area contributed by atoms with Gasteiger partial charge in [-0.05, 0) is 74.6 Å². The molecule has 1 aliphatic heterocycles. The molecule has 0 unspecified atom stereocenters. The molecule has 0 aromatic heterocycles. The highest BCUT2D eigenvalue weighted by Gasteiger charge is 2.25. The standard InChI is InChI=1S/C28H37N3O3/c1-2-34-26-16-14-25(15-17-26)30-28(33)31-18-8-11-23(20-31)21-9-7-10-22(19-21)27(32)29-24-12-5-3-4-6-13-24/h7,9-10,14-17,19,23-24H,2-6,8,11-13,18,20H2,1H3,(H,29,32)(H,30,33)/t23-/m0/s1. The van der Waals surface area contributed by atoms with Crippen molar-refractivity contribution in [2.24, 2.45) is 0 Å². The number of hydrogen-bond donors (Lipinski definition) is 2. The Balaban J connectivity index is 1.35. The van der Waals surface area contributed by atoms with Gasteiger partial charge >= 0.3 is 6.03 Å². The van der Waals surface area contributed by atoms with Crippen LogP contribution in [0.4, 0.5) is 10.5 Å². The van der Waals surface area contributed by atoms with Crippen LogP contribution in [0, 0.1) is 0 Å². The van der Waals surface area contributed by atoms with E-state index < -0.39 is 0 Å². The van der Waals surface area contributed by atoms with E-state index in [1.807, 2.05) is 54.3 Å². The molecule has 0 spiro atoms. The molecular weight excluding hydrogens is 426 g/mol. The molecule has 182 valence electrons. The van der Waals surface area contributed by atoms with Crippen LogP contribution in [-0.2, 0) is 0 Å². The second kappa shape index (κ2) is 11.9. The molecule has 2 aliphatic rings. The topological polar surface area (TPSA) is 70.7 Å². The van der Waals surface area contributed by atoms with Crippen LogP contribution in [0.5, 0.6) is 5.75 Å². The lowest BCUT2D eigenvalue weighted by atomic mass is 9.89. The van der Waals surface area contributed by atoms with Crippen molar-refractivity contribution in [3.8, 4) is 5.75 Å². The lowest BCUT2D eigenvalue weighted by Gasteiger charge is -2.33. The van der Waals surface area contributed by atoms with E-state index in [1.165, 1.54) is 25.7 Å². The lowest BCUT2D eigenvalue weighted by molar-refractivity contribution is 0.0933. The van der Waals surface area contributed by atoms with E-state index in [1.54, 1.807) is 0 Å². The summed E-state index contributed by atoms with van der Waals surface area (Å²) in [6.07, 6.45) is 9.04. The van der Waals surface area contributed by atoms with E-state index in [4.69, 9.17) is 4.74 Å². The van der Waals surface area contributed by atoms with Gasteiger partial charge in [0, 0.05) is 36.3 Å². The minimum atomic E-state index is -0.0869. The summed E-state index contributed by atoms with van der Waals surface area (Å²) in [6, 6.07) is 15.6. The van der Waals surface area contributed by atoms with E-state index in [0.717, 1.165) is 54.8 Å². The Labute approximate surface area is 203 Å². The minimum absolute atomic E-state index is 0.0228. The third-order valence-electron chi connectivity index (χ3n) is 6.94. The van der Waals surface area contributed by atoms with Crippen LogP contribution in [0.25, 0.3) is 0 Å². The maximum Gasteiger partial charge on any atom is 0.321 e.